The summed E-state index contributed by atoms with van der Waals surface area (Å²) < 4.78 is 10.6. The highest BCUT2D eigenvalue weighted by Gasteiger charge is 2.28. The van der Waals surface area contributed by atoms with Crippen molar-refractivity contribution < 1.29 is 14.3 Å². The van der Waals surface area contributed by atoms with E-state index in [2.05, 4.69) is 16.8 Å². The van der Waals surface area contributed by atoms with Gasteiger partial charge in [-0.3, -0.25) is 4.79 Å². The van der Waals surface area contributed by atoms with E-state index in [9.17, 15) is 4.79 Å². The van der Waals surface area contributed by atoms with Gasteiger partial charge in [0.25, 0.3) is 5.91 Å². The van der Waals surface area contributed by atoms with E-state index in [4.69, 9.17) is 9.47 Å². The number of hydrogen-bond donors (Lipinski definition) is 0. The van der Waals surface area contributed by atoms with E-state index >= 15 is 0 Å². The monoisotopic (exact) mass is 346 g/mol. The molecule has 128 valence electrons. The summed E-state index contributed by atoms with van der Waals surface area (Å²) >= 11 is 1.45. The third-order valence-corrected chi connectivity index (χ3v) is 5.30. The molecule has 2 heterocycles. The average molecular weight is 346 g/mol. The van der Waals surface area contributed by atoms with Crippen molar-refractivity contribution >= 4 is 28.9 Å². The van der Waals surface area contributed by atoms with Crippen molar-refractivity contribution in [3.05, 3.63) is 28.7 Å². The highest BCUT2D eigenvalue weighted by atomic mass is 32.2. The molecule has 2 aliphatic heterocycles. The van der Waals surface area contributed by atoms with Crippen LogP contribution in [0.2, 0.25) is 0 Å². The molecule has 0 saturated carbocycles. The lowest BCUT2D eigenvalue weighted by Gasteiger charge is -2.31. The lowest BCUT2D eigenvalue weighted by molar-refractivity contribution is -0.113. The number of amides is 1. The fourth-order valence-corrected chi connectivity index (χ4v) is 3.93. The van der Waals surface area contributed by atoms with Gasteiger partial charge < -0.3 is 14.4 Å². The van der Waals surface area contributed by atoms with Gasteiger partial charge in [-0.15, -0.1) is 0 Å². The number of amidine groups is 1. The minimum Gasteiger partial charge on any atom is -0.497 e. The van der Waals surface area contributed by atoms with E-state index in [1.807, 2.05) is 24.3 Å². The number of aliphatic imine (C=N–C) groups is 1. The fraction of sp³-hybridized carbons (Fsp3) is 0.444. The molecular weight excluding hydrogens is 324 g/mol. The van der Waals surface area contributed by atoms with Crippen LogP contribution in [-0.2, 0) is 4.79 Å². The van der Waals surface area contributed by atoms with Crippen LogP contribution in [-0.4, -0.2) is 43.3 Å². The molecule has 0 spiro atoms. The molecule has 0 radical (unpaired) electrons. The molecule has 0 aromatic heterocycles. The molecule has 1 unspecified atom stereocenters. The average Bonchev–Trinajstić information content (AvgIpc) is 2.95. The van der Waals surface area contributed by atoms with Gasteiger partial charge in [-0.1, -0.05) is 6.92 Å². The summed E-state index contributed by atoms with van der Waals surface area (Å²) in [5.41, 5.74) is 0.816. The van der Waals surface area contributed by atoms with E-state index in [1.165, 1.54) is 18.2 Å². The molecule has 0 aliphatic carbocycles. The van der Waals surface area contributed by atoms with Crippen LogP contribution in [0.25, 0.3) is 6.08 Å². The summed E-state index contributed by atoms with van der Waals surface area (Å²) in [6.07, 6.45) is 4.22. The molecule has 3 rings (SSSR count). The molecular formula is C18H22N2O3S. The number of nitrogens with zero attached hydrogens (tertiary/aromatic N) is 2. The first kappa shape index (κ1) is 16.9. The molecule has 1 aromatic carbocycles. The van der Waals surface area contributed by atoms with Gasteiger partial charge in [0.05, 0.1) is 19.1 Å². The maximum Gasteiger partial charge on any atom is 0.286 e. The minimum atomic E-state index is -0.182. The molecule has 24 heavy (non-hydrogen) atoms. The Balaban J connectivity index is 1.82. The number of carbonyl (C=O) groups is 1. The van der Waals surface area contributed by atoms with Crippen LogP contribution in [0.4, 0.5) is 0 Å². The number of rotatable bonds is 3. The molecule has 5 nitrogen and oxygen atoms in total. The first-order chi connectivity index (χ1) is 11.6. The summed E-state index contributed by atoms with van der Waals surface area (Å²) in [5.74, 6) is 1.89. The summed E-state index contributed by atoms with van der Waals surface area (Å²) in [7, 11) is 3.23. The van der Waals surface area contributed by atoms with Crippen molar-refractivity contribution in [3.63, 3.8) is 0 Å². The molecule has 0 bridgehead atoms. The zero-order valence-corrected chi connectivity index (χ0v) is 15.1. The van der Waals surface area contributed by atoms with E-state index in [1.54, 1.807) is 14.2 Å². The summed E-state index contributed by atoms with van der Waals surface area (Å²) in [5, 5.41) is 0.819. The fourth-order valence-electron chi connectivity index (χ4n) is 2.99. The number of likely N-dealkylation sites (tertiary alicyclic amines) is 1. The number of methoxy groups -OCH3 is 2. The first-order valence-corrected chi connectivity index (χ1v) is 8.92. The Morgan fingerprint density at radius 2 is 2.17 bits per heavy atom. The van der Waals surface area contributed by atoms with Crippen molar-refractivity contribution in [3.8, 4) is 11.5 Å². The molecule has 2 aliphatic rings. The predicted molar refractivity (Wildman–Crippen MR) is 97.5 cm³/mol. The SMILES string of the molecule is COc1ccc(OC)c(/C=C2/SC(N3CCCC(C)C3)=NC2=O)c1. The molecule has 1 atom stereocenters. The molecule has 1 saturated heterocycles. The van der Waals surface area contributed by atoms with Crippen LogP contribution in [0, 0.1) is 5.92 Å². The predicted octanol–water partition coefficient (Wildman–Crippen LogP) is 3.41. The summed E-state index contributed by atoms with van der Waals surface area (Å²) in [4.78, 5) is 19.4. The van der Waals surface area contributed by atoms with Crippen molar-refractivity contribution in [2.45, 2.75) is 19.8 Å². The number of ether oxygens (including phenoxy) is 2. The zero-order valence-electron chi connectivity index (χ0n) is 14.2. The number of thioether (sulfide) groups is 1. The van der Waals surface area contributed by atoms with Gasteiger partial charge in [-0.25, -0.2) is 0 Å². The molecule has 6 heteroatoms. The number of piperidine rings is 1. The number of carbonyl (C=O) groups excluding carboxylic acids is 1. The Morgan fingerprint density at radius 1 is 1.33 bits per heavy atom. The standard InChI is InChI=1S/C18H22N2O3S/c1-12-5-4-8-20(11-12)18-19-17(21)16(24-18)10-13-9-14(22-2)6-7-15(13)23-3/h6-7,9-10,12H,4-5,8,11H2,1-3H3/b16-10+. The zero-order chi connectivity index (χ0) is 17.1. The highest BCUT2D eigenvalue weighted by Crippen LogP contribution is 2.34. The largest absolute Gasteiger partial charge is 0.497 e. The van der Waals surface area contributed by atoms with Crippen LogP contribution in [0.5, 0.6) is 11.5 Å². The first-order valence-electron chi connectivity index (χ1n) is 8.10. The quantitative estimate of drug-likeness (QED) is 0.785. The van der Waals surface area contributed by atoms with E-state index in [0.29, 0.717) is 16.6 Å². The third-order valence-electron chi connectivity index (χ3n) is 4.26. The van der Waals surface area contributed by atoms with Gasteiger partial charge in [-0.2, -0.15) is 4.99 Å². The van der Waals surface area contributed by atoms with Crippen molar-refractivity contribution in [2.75, 3.05) is 27.3 Å². The summed E-state index contributed by atoms with van der Waals surface area (Å²) in [6.45, 7) is 4.18. The van der Waals surface area contributed by atoms with Gasteiger partial charge in [0.2, 0.25) is 0 Å². The van der Waals surface area contributed by atoms with Crippen LogP contribution < -0.4 is 9.47 Å². The molecule has 1 fully saturated rings. The number of hydrogen-bond acceptors (Lipinski definition) is 5. The van der Waals surface area contributed by atoms with Crippen LogP contribution in [0.15, 0.2) is 28.1 Å². The topological polar surface area (TPSA) is 51.1 Å². The Hall–Kier alpha value is -1.95. The highest BCUT2D eigenvalue weighted by molar-refractivity contribution is 8.18. The van der Waals surface area contributed by atoms with Gasteiger partial charge in [-0.05, 0) is 54.8 Å². The van der Waals surface area contributed by atoms with Gasteiger partial charge in [0.15, 0.2) is 5.17 Å². The molecule has 1 amide bonds. The van der Waals surface area contributed by atoms with Crippen molar-refractivity contribution in [1.29, 1.82) is 0 Å². The summed E-state index contributed by atoms with van der Waals surface area (Å²) in [6, 6.07) is 5.53. The smallest absolute Gasteiger partial charge is 0.286 e. The van der Waals surface area contributed by atoms with Crippen LogP contribution in [0.1, 0.15) is 25.3 Å². The van der Waals surface area contributed by atoms with Crippen molar-refractivity contribution in [2.24, 2.45) is 10.9 Å². The molecule has 1 aromatic rings. The second-order valence-corrected chi connectivity index (χ2v) is 7.12. The Bertz CT molecular complexity index is 700. The van der Waals surface area contributed by atoms with E-state index in [0.717, 1.165) is 36.0 Å². The maximum absolute atomic E-state index is 12.3. The second-order valence-electron chi connectivity index (χ2n) is 6.11. The Morgan fingerprint density at radius 3 is 2.88 bits per heavy atom. The van der Waals surface area contributed by atoms with Gasteiger partial charge in [0.1, 0.15) is 11.5 Å². The lowest BCUT2D eigenvalue weighted by Crippen LogP contribution is -2.37. The van der Waals surface area contributed by atoms with Gasteiger partial charge >= 0.3 is 0 Å². The molecule has 0 N–H and O–H groups in total. The van der Waals surface area contributed by atoms with E-state index < -0.39 is 0 Å². The normalized spacial score (nSPS) is 22.7. The van der Waals surface area contributed by atoms with Crippen LogP contribution in [0.3, 0.4) is 0 Å². The Labute approximate surface area is 146 Å². The van der Waals surface area contributed by atoms with Crippen molar-refractivity contribution in [1.82, 2.24) is 4.90 Å². The second kappa shape index (κ2) is 7.30. The Kier molecular flexibility index (Phi) is 5.14. The van der Waals surface area contributed by atoms with Crippen LogP contribution >= 0.6 is 11.8 Å². The number of benzene rings is 1. The maximum atomic E-state index is 12.3. The lowest BCUT2D eigenvalue weighted by atomic mass is 10.0. The minimum absolute atomic E-state index is 0.182. The van der Waals surface area contributed by atoms with E-state index in [-0.39, 0.29) is 5.91 Å². The van der Waals surface area contributed by atoms with Gasteiger partial charge in [0, 0.05) is 18.7 Å². The third kappa shape index (κ3) is 3.59.